The molecule has 0 fully saturated rings. The molecule has 6 nitrogen and oxygen atoms in total. The molecule has 2 N–H and O–H groups in total. The predicted molar refractivity (Wildman–Crippen MR) is 117 cm³/mol. The van der Waals surface area contributed by atoms with E-state index in [-0.39, 0.29) is 11.8 Å². The van der Waals surface area contributed by atoms with Crippen molar-refractivity contribution in [1.82, 2.24) is 10.6 Å². The van der Waals surface area contributed by atoms with E-state index in [9.17, 15) is 9.59 Å². The van der Waals surface area contributed by atoms with E-state index in [0.29, 0.717) is 38.1 Å². The van der Waals surface area contributed by atoms with Crippen LogP contribution in [-0.2, 0) is 4.79 Å². The van der Waals surface area contributed by atoms with E-state index >= 15 is 0 Å². The lowest BCUT2D eigenvalue weighted by molar-refractivity contribution is -0.121. The Morgan fingerprint density at radius 2 is 1.55 bits per heavy atom. The molecule has 0 unspecified atom stereocenters. The Morgan fingerprint density at radius 3 is 2.17 bits per heavy atom. The second-order valence-electron chi connectivity index (χ2n) is 7.22. The third-order valence-electron chi connectivity index (χ3n) is 4.58. The normalized spacial score (nSPS) is 10.3. The van der Waals surface area contributed by atoms with Crippen molar-refractivity contribution < 1.29 is 14.3 Å². The Bertz CT molecular complexity index is 796. The highest BCUT2D eigenvalue weighted by atomic mass is 16.5. The Kier molecular flexibility index (Phi) is 8.52. The molecule has 2 rings (SSSR count). The number of carbonyl (C=O) groups excluding carboxylic acids is 2. The first-order valence-electron chi connectivity index (χ1n) is 9.90. The first-order valence-corrected chi connectivity index (χ1v) is 9.90. The number of nitrogens with zero attached hydrogens (tertiary/aromatic N) is 1. The summed E-state index contributed by atoms with van der Waals surface area (Å²) in [5, 5.41) is 5.63. The number of nitrogens with one attached hydrogen (secondary N) is 2. The second kappa shape index (κ2) is 11.1. The molecule has 0 saturated heterocycles. The molecule has 0 heterocycles. The van der Waals surface area contributed by atoms with Crippen molar-refractivity contribution in [3.63, 3.8) is 0 Å². The molecule has 29 heavy (non-hydrogen) atoms. The van der Waals surface area contributed by atoms with Crippen molar-refractivity contribution >= 4 is 17.5 Å². The molecule has 0 bridgehead atoms. The fraction of sp³-hybridized carbons (Fsp3) is 0.391. The number of para-hydroxylation sites is 1. The van der Waals surface area contributed by atoms with Crippen LogP contribution in [0.2, 0.25) is 0 Å². The van der Waals surface area contributed by atoms with Crippen molar-refractivity contribution in [3.05, 3.63) is 59.2 Å². The van der Waals surface area contributed by atoms with Gasteiger partial charge in [-0.3, -0.25) is 9.59 Å². The molecule has 2 amide bonds. The van der Waals surface area contributed by atoms with Gasteiger partial charge in [0.1, 0.15) is 5.75 Å². The quantitative estimate of drug-likeness (QED) is 0.605. The largest absolute Gasteiger partial charge is 0.493 e. The van der Waals surface area contributed by atoms with Crippen LogP contribution in [0.4, 0.5) is 5.69 Å². The van der Waals surface area contributed by atoms with E-state index in [1.165, 1.54) is 0 Å². The minimum atomic E-state index is -0.147. The lowest BCUT2D eigenvalue weighted by atomic mass is 10.1. The van der Waals surface area contributed by atoms with Gasteiger partial charge in [-0.15, -0.1) is 0 Å². The van der Waals surface area contributed by atoms with Gasteiger partial charge in [0.2, 0.25) is 5.91 Å². The Morgan fingerprint density at radius 1 is 0.931 bits per heavy atom. The average molecular weight is 398 g/mol. The fourth-order valence-electron chi connectivity index (χ4n) is 2.91. The van der Waals surface area contributed by atoms with Crippen LogP contribution in [0.15, 0.2) is 42.5 Å². The zero-order chi connectivity index (χ0) is 21.2. The fourth-order valence-corrected chi connectivity index (χ4v) is 2.91. The molecule has 2 aromatic rings. The summed E-state index contributed by atoms with van der Waals surface area (Å²) in [6.45, 7) is 5.32. The SMILES string of the molecule is Cc1cccc(C)c1OCCCC(=O)NCCNC(=O)c1ccc(N(C)C)cc1. The zero-order valence-electron chi connectivity index (χ0n) is 17.7. The number of benzene rings is 2. The van der Waals surface area contributed by atoms with E-state index in [1.807, 2.05) is 63.2 Å². The summed E-state index contributed by atoms with van der Waals surface area (Å²) in [4.78, 5) is 26.0. The second-order valence-corrected chi connectivity index (χ2v) is 7.22. The lowest BCUT2D eigenvalue weighted by Crippen LogP contribution is -2.34. The van der Waals surface area contributed by atoms with Crippen LogP contribution in [0.5, 0.6) is 5.75 Å². The minimum Gasteiger partial charge on any atom is -0.493 e. The number of anilines is 1. The Labute approximate surface area is 173 Å². The van der Waals surface area contributed by atoms with Crippen LogP contribution in [0.1, 0.15) is 34.3 Å². The van der Waals surface area contributed by atoms with E-state index in [4.69, 9.17) is 4.74 Å². The molecule has 0 radical (unpaired) electrons. The number of carbonyl (C=O) groups is 2. The van der Waals surface area contributed by atoms with Crippen LogP contribution in [-0.4, -0.2) is 45.6 Å². The molecule has 0 aliphatic heterocycles. The summed E-state index contributed by atoms with van der Waals surface area (Å²) >= 11 is 0. The molecule has 0 spiro atoms. The Hall–Kier alpha value is -3.02. The summed E-state index contributed by atoms with van der Waals surface area (Å²) in [5.74, 6) is 0.709. The molecule has 0 saturated carbocycles. The summed E-state index contributed by atoms with van der Waals surface area (Å²) in [5.41, 5.74) is 3.84. The van der Waals surface area contributed by atoms with Crippen LogP contribution in [0, 0.1) is 13.8 Å². The van der Waals surface area contributed by atoms with Gasteiger partial charge in [-0.05, 0) is 55.7 Å². The van der Waals surface area contributed by atoms with Crippen LogP contribution >= 0.6 is 0 Å². The average Bonchev–Trinajstić information content (AvgIpc) is 2.70. The molecular formula is C23H31N3O3. The van der Waals surface area contributed by atoms with Gasteiger partial charge in [-0.2, -0.15) is 0 Å². The summed E-state index contributed by atoms with van der Waals surface area (Å²) in [6, 6.07) is 13.4. The minimum absolute atomic E-state index is 0.0420. The predicted octanol–water partition coefficient (Wildman–Crippen LogP) is 3.07. The number of hydrogen-bond donors (Lipinski definition) is 2. The van der Waals surface area contributed by atoms with Crippen molar-refractivity contribution in [2.75, 3.05) is 38.7 Å². The maximum Gasteiger partial charge on any atom is 0.251 e. The summed E-state index contributed by atoms with van der Waals surface area (Å²) < 4.78 is 5.81. The number of hydrogen-bond acceptors (Lipinski definition) is 4. The Balaban J connectivity index is 1.60. The zero-order valence-corrected chi connectivity index (χ0v) is 17.7. The van der Waals surface area contributed by atoms with Crippen LogP contribution in [0.3, 0.4) is 0 Å². The van der Waals surface area contributed by atoms with E-state index in [1.54, 1.807) is 12.1 Å². The smallest absolute Gasteiger partial charge is 0.251 e. The monoisotopic (exact) mass is 397 g/mol. The van der Waals surface area contributed by atoms with Gasteiger partial charge in [0.05, 0.1) is 6.61 Å². The summed E-state index contributed by atoms with van der Waals surface area (Å²) in [6.07, 6.45) is 1.04. The molecular weight excluding hydrogens is 366 g/mol. The highest BCUT2D eigenvalue weighted by molar-refractivity contribution is 5.94. The third-order valence-corrected chi connectivity index (χ3v) is 4.58. The van der Waals surface area contributed by atoms with E-state index < -0.39 is 0 Å². The number of amides is 2. The van der Waals surface area contributed by atoms with Gasteiger partial charge in [-0.25, -0.2) is 0 Å². The van der Waals surface area contributed by atoms with Crippen molar-refractivity contribution in [3.8, 4) is 5.75 Å². The van der Waals surface area contributed by atoms with Gasteiger partial charge in [0.15, 0.2) is 0 Å². The third kappa shape index (κ3) is 7.14. The standard InChI is InChI=1S/C23H31N3O3/c1-17-7-5-8-18(2)22(17)29-16-6-9-21(27)24-14-15-25-23(28)19-10-12-20(13-11-19)26(3)4/h5,7-8,10-13H,6,9,14-16H2,1-4H3,(H,24,27)(H,25,28). The van der Waals surface area contributed by atoms with Crippen molar-refractivity contribution in [2.24, 2.45) is 0 Å². The number of aryl methyl sites for hydroxylation is 2. The van der Waals surface area contributed by atoms with Crippen molar-refractivity contribution in [1.29, 1.82) is 0 Å². The van der Waals surface area contributed by atoms with E-state index in [2.05, 4.69) is 10.6 Å². The van der Waals surface area contributed by atoms with Gasteiger partial charge in [0, 0.05) is 44.9 Å². The van der Waals surface area contributed by atoms with Crippen LogP contribution in [0.25, 0.3) is 0 Å². The molecule has 0 aromatic heterocycles. The number of ether oxygens (including phenoxy) is 1. The van der Waals surface area contributed by atoms with Gasteiger partial charge in [0.25, 0.3) is 5.91 Å². The molecule has 2 aromatic carbocycles. The van der Waals surface area contributed by atoms with Crippen LogP contribution < -0.4 is 20.3 Å². The molecule has 0 atom stereocenters. The topological polar surface area (TPSA) is 70.7 Å². The van der Waals surface area contributed by atoms with E-state index in [0.717, 1.165) is 22.6 Å². The first kappa shape index (κ1) is 22.3. The number of rotatable bonds is 10. The maximum absolute atomic E-state index is 12.1. The maximum atomic E-state index is 12.1. The highest BCUT2D eigenvalue weighted by Crippen LogP contribution is 2.22. The van der Waals surface area contributed by atoms with Gasteiger partial charge in [-0.1, -0.05) is 18.2 Å². The summed E-state index contributed by atoms with van der Waals surface area (Å²) in [7, 11) is 3.90. The van der Waals surface area contributed by atoms with Crippen molar-refractivity contribution in [2.45, 2.75) is 26.7 Å². The van der Waals surface area contributed by atoms with Gasteiger partial charge < -0.3 is 20.3 Å². The molecule has 156 valence electrons. The van der Waals surface area contributed by atoms with Gasteiger partial charge >= 0.3 is 0 Å². The first-order chi connectivity index (χ1) is 13.9. The molecule has 6 heteroatoms. The highest BCUT2D eigenvalue weighted by Gasteiger charge is 2.07. The molecule has 0 aliphatic rings. The molecule has 0 aliphatic carbocycles. The lowest BCUT2D eigenvalue weighted by Gasteiger charge is -2.13.